The van der Waals surface area contributed by atoms with Gasteiger partial charge in [-0.05, 0) is 12.8 Å². The predicted octanol–water partition coefficient (Wildman–Crippen LogP) is 2.31. The topological polar surface area (TPSA) is 9.23 Å². The highest BCUT2D eigenvalue weighted by Crippen LogP contribution is 2.43. The van der Waals surface area contributed by atoms with E-state index in [0.29, 0.717) is 5.41 Å². The molecule has 0 aromatic rings. The molecule has 0 bridgehead atoms. The second-order valence-corrected chi connectivity index (χ2v) is 4.84. The fourth-order valence-corrected chi connectivity index (χ4v) is 3.10. The maximum Gasteiger partial charge on any atom is 0.0538 e. The monoisotopic (exact) mass is 172 g/mol. The summed E-state index contributed by atoms with van der Waals surface area (Å²) in [7, 11) is 0. The SMILES string of the molecule is C1CCOCC2(CC1)CSC2. The van der Waals surface area contributed by atoms with Crippen molar-refractivity contribution in [2.45, 2.75) is 25.7 Å². The van der Waals surface area contributed by atoms with Crippen molar-refractivity contribution in [2.75, 3.05) is 24.7 Å². The molecule has 1 nitrogen and oxygen atoms in total. The lowest BCUT2D eigenvalue weighted by atomic mass is 9.86. The molecular weight excluding hydrogens is 156 g/mol. The van der Waals surface area contributed by atoms with Crippen molar-refractivity contribution in [3.05, 3.63) is 0 Å². The van der Waals surface area contributed by atoms with Crippen molar-refractivity contribution in [3.63, 3.8) is 0 Å². The summed E-state index contributed by atoms with van der Waals surface area (Å²) in [5.41, 5.74) is 0.616. The summed E-state index contributed by atoms with van der Waals surface area (Å²) in [6, 6.07) is 0. The van der Waals surface area contributed by atoms with E-state index >= 15 is 0 Å². The Bertz CT molecular complexity index is 122. The Morgan fingerprint density at radius 2 is 2.00 bits per heavy atom. The molecule has 2 aliphatic heterocycles. The van der Waals surface area contributed by atoms with Gasteiger partial charge in [0.1, 0.15) is 0 Å². The van der Waals surface area contributed by atoms with E-state index in [9.17, 15) is 0 Å². The van der Waals surface area contributed by atoms with E-state index in [0.717, 1.165) is 13.2 Å². The van der Waals surface area contributed by atoms with Crippen molar-refractivity contribution in [1.29, 1.82) is 0 Å². The van der Waals surface area contributed by atoms with Crippen molar-refractivity contribution in [3.8, 4) is 0 Å². The summed E-state index contributed by atoms with van der Waals surface area (Å²) in [5, 5.41) is 0. The van der Waals surface area contributed by atoms with Crippen molar-refractivity contribution >= 4 is 11.8 Å². The van der Waals surface area contributed by atoms with Gasteiger partial charge in [0.2, 0.25) is 0 Å². The average Bonchev–Trinajstić information content (AvgIpc) is 1.82. The molecule has 2 heteroatoms. The van der Waals surface area contributed by atoms with Gasteiger partial charge in [0, 0.05) is 23.5 Å². The van der Waals surface area contributed by atoms with Crippen LogP contribution >= 0.6 is 11.8 Å². The number of thioether (sulfide) groups is 1. The molecular formula is C9H16OS. The highest BCUT2D eigenvalue weighted by atomic mass is 32.2. The van der Waals surface area contributed by atoms with E-state index in [1.165, 1.54) is 37.2 Å². The lowest BCUT2D eigenvalue weighted by molar-refractivity contribution is 0.0416. The van der Waals surface area contributed by atoms with Crippen LogP contribution < -0.4 is 0 Å². The van der Waals surface area contributed by atoms with E-state index < -0.39 is 0 Å². The van der Waals surface area contributed by atoms with Gasteiger partial charge in [-0.25, -0.2) is 0 Å². The van der Waals surface area contributed by atoms with Gasteiger partial charge >= 0.3 is 0 Å². The minimum Gasteiger partial charge on any atom is -0.381 e. The van der Waals surface area contributed by atoms with Crippen LogP contribution in [0.1, 0.15) is 25.7 Å². The van der Waals surface area contributed by atoms with Crippen LogP contribution in [-0.4, -0.2) is 24.7 Å². The molecule has 2 aliphatic rings. The largest absolute Gasteiger partial charge is 0.381 e. The first-order valence-corrected chi connectivity index (χ1v) is 5.72. The molecule has 0 N–H and O–H groups in total. The normalized spacial score (nSPS) is 30.5. The fourth-order valence-electron chi connectivity index (χ4n) is 1.86. The third-order valence-corrected chi connectivity index (χ3v) is 4.35. The quantitative estimate of drug-likeness (QED) is 0.554. The van der Waals surface area contributed by atoms with Crippen LogP contribution in [0.4, 0.5) is 0 Å². The van der Waals surface area contributed by atoms with Crippen molar-refractivity contribution in [1.82, 2.24) is 0 Å². The van der Waals surface area contributed by atoms with Gasteiger partial charge in [-0.2, -0.15) is 11.8 Å². The summed E-state index contributed by atoms with van der Waals surface area (Å²) in [6.07, 6.45) is 5.51. The molecule has 2 heterocycles. The second kappa shape index (κ2) is 3.36. The van der Waals surface area contributed by atoms with Gasteiger partial charge in [0.05, 0.1) is 6.61 Å². The van der Waals surface area contributed by atoms with E-state index in [1.54, 1.807) is 0 Å². The number of rotatable bonds is 0. The third-order valence-electron chi connectivity index (χ3n) is 2.72. The lowest BCUT2D eigenvalue weighted by Gasteiger charge is -2.42. The van der Waals surface area contributed by atoms with Gasteiger partial charge in [0.15, 0.2) is 0 Å². The van der Waals surface area contributed by atoms with E-state index in [2.05, 4.69) is 11.8 Å². The van der Waals surface area contributed by atoms with Crippen LogP contribution in [-0.2, 0) is 4.74 Å². The van der Waals surface area contributed by atoms with Gasteiger partial charge in [0.25, 0.3) is 0 Å². The molecule has 0 aliphatic carbocycles. The predicted molar refractivity (Wildman–Crippen MR) is 49.0 cm³/mol. The summed E-state index contributed by atoms with van der Waals surface area (Å²) in [5.74, 6) is 2.71. The van der Waals surface area contributed by atoms with E-state index in [4.69, 9.17) is 4.74 Å². The van der Waals surface area contributed by atoms with Crippen LogP contribution in [0.25, 0.3) is 0 Å². The van der Waals surface area contributed by atoms with Crippen molar-refractivity contribution in [2.24, 2.45) is 5.41 Å². The highest BCUT2D eigenvalue weighted by molar-refractivity contribution is 8.00. The van der Waals surface area contributed by atoms with Crippen LogP contribution in [0.5, 0.6) is 0 Å². The minimum absolute atomic E-state index is 0.616. The Kier molecular flexibility index (Phi) is 2.42. The Morgan fingerprint density at radius 3 is 2.73 bits per heavy atom. The molecule has 64 valence electrons. The van der Waals surface area contributed by atoms with Gasteiger partial charge in [-0.3, -0.25) is 0 Å². The maximum atomic E-state index is 5.62. The molecule has 2 rings (SSSR count). The Labute approximate surface area is 72.9 Å². The van der Waals surface area contributed by atoms with Gasteiger partial charge in [-0.15, -0.1) is 0 Å². The van der Waals surface area contributed by atoms with Gasteiger partial charge < -0.3 is 4.74 Å². The molecule has 1 spiro atoms. The first kappa shape index (κ1) is 7.93. The molecule has 0 unspecified atom stereocenters. The summed E-state index contributed by atoms with van der Waals surface area (Å²) in [6.45, 7) is 2.05. The molecule has 0 amide bonds. The average molecular weight is 172 g/mol. The van der Waals surface area contributed by atoms with E-state index in [1.807, 2.05) is 0 Å². The fraction of sp³-hybridized carbons (Fsp3) is 1.00. The van der Waals surface area contributed by atoms with Gasteiger partial charge in [-0.1, -0.05) is 12.8 Å². The molecule has 0 radical (unpaired) electrons. The maximum absolute atomic E-state index is 5.62. The Hall–Kier alpha value is 0.310. The molecule has 0 atom stereocenters. The molecule has 0 aromatic heterocycles. The number of ether oxygens (including phenoxy) is 1. The molecule has 0 aromatic carbocycles. The van der Waals surface area contributed by atoms with E-state index in [-0.39, 0.29) is 0 Å². The number of hydrogen-bond acceptors (Lipinski definition) is 2. The molecule has 0 saturated carbocycles. The second-order valence-electron chi connectivity index (χ2n) is 3.86. The van der Waals surface area contributed by atoms with Crippen LogP contribution in [0.3, 0.4) is 0 Å². The number of hydrogen-bond donors (Lipinski definition) is 0. The molecule has 11 heavy (non-hydrogen) atoms. The first-order valence-electron chi connectivity index (χ1n) is 4.57. The van der Waals surface area contributed by atoms with Crippen LogP contribution in [0.2, 0.25) is 0 Å². The zero-order valence-electron chi connectivity index (χ0n) is 6.97. The first-order chi connectivity index (χ1) is 5.41. The summed E-state index contributed by atoms with van der Waals surface area (Å²) < 4.78 is 5.62. The Balaban J connectivity index is 1.86. The standard InChI is InChI=1S/C9H16OS/c1-2-4-9(7-11-8-9)6-10-5-3-1/h1-8H2. The Morgan fingerprint density at radius 1 is 1.09 bits per heavy atom. The third kappa shape index (κ3) is 1.73. The zero-order chi connectivity index (χ0) is 7.57. The molecule has 2 fully saturated rings. The van der Waals surface area contributed by atoms with Crippen LogP contribution in [0.15, 0.2) is 0 Å². The van der Waals surface area contributed by atoms with Crippen molar-refractivity contribution < 1.29 is 4.74 Å². The minimum atomic E-state index is 0.616. The lowest BCUT2D eigenvalue weighted by Crippen LogP contribution is -2.40. The molecule has 2 saturated heterocycles. The van der Waals surface area contributed by atoms with Crippen LogP contribution in [0, 0.1) is 5.41 Å². The summed E-state index contributed by atoms with van der Waals surface area (Å²) in [4.78, 5) is 0. The zero-order valence-corrected chi connectivity index (χ0v) is 7.79. The summed E-state index contributed by atoms with van der Waals surface area (Å²) >= 11 is 2.08. The smallest absolute Gasteiger partial charge is 0.0538 e. The highest BCUT2D eigenvalue weighted by Gasteiger charge is 2.37.